The molecule has 1 saturated heterocycles. The summed E-state index contributed by atoms with van der Waals surface area (Å²) in [6.07, 6.45) is 5.13. The van der Waals surface area contributed by atoms with Gasteiger partial charge in [0.1, 0.15) is 11.3 Å². The van der Waals surface area contributed by atoms with Crippen molar-refractivity contribution < 1.29 is 14.7 Å². The van der Waals surface area contributed by atoms with E-state index in [0.29, 0.717) is 24.6 Å². The molecule has 3 N–H and O–H groups in total. The van der Waals surface area contributed by atoms with Crippen molar-refractivity contribution in [2.75, 3.05) is 32.8 Å². The number of ether oxygens (including phenoxy) is 1. The average Bonchev–Trinajstić information content (AvgIpc) is 2.69. The van der Waals surface area contributed by atoms with Crippen molar-refractivity contribution in [1.82, 2.24) is 9.55 Å². The Morgan fingerprint density at radius 2 is 1.93 bits per heavy atom. The zero-order valence-corrected chi connectivity index (χ0v) is 16.1. The number of rotatable bonds is 7. The monoisotopic (exact) mass is 387 g/mol. The molecule has 150 valence electrons. The number of nitrogens with zero attached hydrogens (tertiary/aromatic N) is 2. The second-order valence-electron chi connectivity index (χ2n) is 6.85. The summed E-state index contributed by atoms with van der Waals surface area (Å²) in [7, 11) is 0. The van der Waals surface area contributed by atoms with Crippen molar-refractivity contribution in [3.63, 3.8) is 0 Å². The minimum absolute atomic E-state index is 0.0258. The Hall–Kier alpha value is -2.87. The number of aromatic hydroxyl groups is 1. The Morgan fingerprint density at radius 1 is 1.21 bits per heavy atom. The lowest BCUT2D eigenvalue weighted by Crippen LogP contribution is -3.13. The number of aromatic nitrogens is 2. The lowest BCUT2D eigenvalue weighted by atomic mass is 10.1. The van der Waals surface area contributed by atoms with Gasteiger partial charge in [-0.2, -0.15) is 0 Å². The summed E-state index contributed by atoms with van der Waals surface area (Å²) in [6, 6.07) is 6.69. The van der Waals surface area contributed by atoms with Gasteiger partial charge >= 0.3 is 5.69 Å². The first kappa shape index (κ1) is 19.9. The maximum absolute atomic E-state index is 12.2. The molecule has 0 saturated carbocycles. The van der Waals surface area contributed by atoms with E-state index >= 15 is 0 Å². The van der Waals surface area contributed by atoms with Crippen LogP contribution in [0.3, 0.4) is 0 Å². The standard InChI is InChI=1S/C20H26N4O4/c1-2-28-16-8-6-15(7-9-16)24-19(26)17(18(25)22-20(24)27)14-21-10-13-23-11-4-3-5-12-23/h6-9,14,26H,2-5,10-13H2,1H3,(H,22,25,27)/p+1. The van der Waals surface area contributed by atoms with Crippen LogP contribution in [0.1, 0.15) is 31.7 Å². The highest BCUT2D eigenvalue weighted by Gasteiger charge is 2.15. The van der Waals surface area contributed by atoms with Gasteiger partial charge in [0.2, 0.25) is 5.88 Å². The Morgan fingerprint density at radius 3 is 2.61 bits per heavy atom. The highest BCUT2D eigenvalue weighted by Crippen LogP contribution is 2.18. The molecule has 8 heteroatoms. The Labute approximate surface area is 163 Å². The van der Waals surface area contributed by atoms with Crippen molar-refractivity contribution >= 4 is 6.21 Å². The number of likely N-dealkylation sites (tertiary alicyclic amines) is 1. The van der Waals surface area contributed by atoms with Gasteiger partial charge < -0.3 is 14.7 Å². The molecule has 0 spiro atoms. The number of nitrogens with one attached hydrogen (secondary N) is 2. The number of quaternary nitrogens is 1. The maximum atomic E-state index is 12.2. The predicted molar refractivity (Wildman–Crippen MR) is 107 cm³/mol. The van der Waals surface area contributed by atoms with E-state index in [0.717, 1.165) is 24.2 Å². The molecule has 1 aliphatic heterocycles. The summed E-state index contributed by atoms with van der Waals surface area (Å²) in [5.74, 6) is 0.234. The van der Waals surface area contributed by atoms with Gasteiger partial charge in [0.25, 0.3) is 5.56 Å². The largest absolute Gasteiger partial charge is 0.494 e. The number of aliphatic imine (C=N–C) groups is 1. The van der Waals surface area contributed by atoms with Crippen LogP contribution in [0, 0.1) is 0 Å². The molecule has 0 amide bonds. The molecule has 8 nitrogen and oxygen atoms in total. The summed E-state index contributed by atoms with van der Waals surface area (Å²) < 4.78 is 6.43. The normalized spacial score (nSPS) is 15.2. The summed E-state index contributed by atoms with van der Waals surface area (Å²) in [6.45, 7) is 6.19. The number of hydrogen-bond donors (Lipinski definition) is 3. The highest BCUT2D eigenvalue weighted by molar-refractivity contribution is 5.82. The third-order valence-electron chi connectivity index (χ3n) is 4.90. The Balaban J connectivity index is 1.80. The molecular formula is C20H27N4O4+. The fourth-order valence-corrected chi connectivity index (χ4v) is 3.43. The van der Waals surface area contributed by atoms with Crippen LogP contribution >= 0.6 is 0 Å². The number of H-pyrrole nitrogens is 1. The Kier molecular flexibility index (Phi) is 6.65. The van der Waals surface area contributed by atoms with E-state index < -0.39 is 17.1 Å². The lowest BCUT2D eigenvalue weighted by Gasteiger charge is -2.22. The summed E-state index contributed by atoms with van der Waals surface area (Å²) in [5.41, 5.74) is -0.961. The van der Waals surface area contributed by atoms with Gasteiger partial charge in [-0.15, -0.1) is 0 Å². The molecule has 0 unspecified atom stereocenters. The molecular weight excluding hydrogens is 360 g/mol. The van der Waals surface area contributed by atoms with Gasteiger partial charge in [0, 0.05) is 6.21 Å². The topological polar surface area (TPSA) is 101 Å². The fraction of sp³-hybridized carbons (Fsp3) is 0.450. The molecule has 1 aromatic carbocycles. The van der Waals surface area contributed by atoms with E-state index in [1.807, 2.05) is 6.92 Å². The van der Waals surface area contributed by atoms with Crippen molar-refractivity contribution in [2.45, 2.75) is 26.2 Å². The van der Waals surface area contributed by atoms with Crippen LogP contribution < -0.4 is 20.9 Å². The van der Waals surface area contributed by atoms with Crippen molar-refractivity contribution in [1.29, 1.82) is 0 Å². The van der Waals surface area contributed by atoms with Crippen molar-refractivity contribution in [3.05, 3.63) is 50.7 Å². The molecule has 2 aromatic rings. The van der Waals surface area contributed by atoms with Crippen LogP contribution in [0.4, 0.5) is 0 Å². The van der Waals surface area contributed by atoms with E-state index in [1.165, 1.54) is 30.4 Å². The summed E-state index contributed by atoms with van der Waals surface area (Å²) in [5, 5.41) is 10.5. The zero-order chi connectivity index (χ0) is 19.9. The Bertz CT molecular complexity index is 925. The second-order valence-corrected chi connectivity index (χ2v) is 6.85. The van der Waals surface area contributed by atoms with Gasteiger partial charge in [0.05, 0.1) is 38.5 Å². The third-order valence-corrected chi connectivity index (χ3v) is 4.90. The first-order chi connectivity index (χ1) is 13.6. The van der Waals surface area contributed by atoms with E-state index in [4.69, 9.17) is 4.74 Å². The van der Waals surface area contributed by atoms with E-state index in [2.05, 4.69) is 9.98 Å². The maximum Gasteiger partial charge on any atom is 0.335 e. The number of piperidine rings is 1. The van der Waals surface area contributed by atoms with Crippen LogP contribution in [0.25, 0.3) is 5.69 Å². The van der Waals surface area contributed by atoms with Gasteiger partial charge in [-0.3, -0.25) is 14.8 Å². The number of aromatic amines is 1. The smallest absolute Gasteiger partial charge is 0.335 e. The highest BCUT2D eigenvalue weighted by atomic mass is 16.5. The minimum Gasteiger partial charge on any atom is -0.494 e. The van der Waals surface area contributed by atoms with Crippen LogP contribution in [0.2, 0.25) is 0 Å². The quantitative estimate of drug-likeness (QED) is 0.588. The van der Waals surface area contributed by atoms with Crippen LogP contribution in [0.15, 0.2) is 38.8 Å². The fourth-order valence-electron chi connectivity index (χ4n) is 3.43. The number of hydrogen-bond acceptors (Lipinski definition) is 5. The predicted octanol–water partition coefficient (Wildman–Crippen LogP) is 0.118. The van der Waals surface area contributed by atoms with Gasteiger partial charge in [-0.05, 0) is 50.5 Å². The number of benzene rings is 1. The van der Waals surface area contributed by atoms with Crippen LogP contribution in [0.5, 0.6) is 11.6 Å². The molecule has 3 rings (SSSR count). The molecule has 1 aromatic heterocycles. The van der Waals surface area contributed by atoms with E-state index in [1.54, 1.807) is 24.3 Å². The molecule has 28 heavy (non-hydrogen) atoms. The molecule has 0 atom stereocenters. The molecule has 0 bridgehead atoms. The van der Waals surface area contributed by atoms with E-state index in [-0.39, 0.29) is 5.56 Å². The van der Waals surface area contributed by atoms with Crippen LogP contribution in [-0.4, -0.2) is 53.7 Å². The second kappa shape index (κ2) is 9.36. The lowest BCUT2D eigenvalue weighted by molar-refractivity contribution is -0.903. The first-order valence-electron chi connectivity index (χ1n) is 9.75. The molecule has 0 aliphatic carbocycles. The zero-order valence-electron chi connectivity index (χ0n) is 16.1. The molecule has 2 heterocycles. The van der Waals surface area contributed by atoms with Gasteiger partial charge in [0.15, 0.2) is 0 Å². The van der Waals surface area contributed by atoms with Gasteiger partial charge in [-0.25, -0.2) is 9.36 Å². The van der Waals surface area contributed by atoms with Crippen LogP contribution in [-0.2, 0) is 0 Å². The first-order valence-corrected chi connectivity index (χ1v) is 9.75. The summed E-state index contributed by atoms with van der Waals surface area (Å²) in [4.78, 5) is 32.4. The minimum atomic E-state index is -0.707. The molecule has 0 radical (unpaired) electrons. The average molecular weight is 387 g/mol. The third kappa shape index (κ3) is 4.69. The molecule has 1 aliphatic rings. The van der Waals surface area contributed by atoms with E-state index in [9.17, 15) is 14.7 Å². The van der Waals surface area contributed by atoms with Crippen molar-refractivity contribution in [3.8, 4) is 17.3 Å². The molecule has 1 fully saturated rings. The summed E-state index contributed by atoms with van der Waals surface area (Å²) >= 11 is 0. The van der Waals surface area contributed by atoms with Crippen molar-refractivity contribution in [2.24, 2.45) is 4.99 Å². The van der Waals surface area contributed by atoms with Gasteiger partial charge in [-0.1, -0.05) is 0 Å². The SMILES string of the molecule is CCOc1ccc(-n2c(O)c(C=NCC[NH+]3CCCCC3)c(=O)[nH]c2=O)cc1.